The highest BCUT2D eigenvalue weighted by Crippen LogP contribution is 2.09. The average Bonchev–Trinajstić information content (AvgIpc) is 3.11. The van der Waals surface area contributed by atoms with Crippen molar-refractivity contribution >= 4 is 11.7 Å². The van der Waals surface area contributed by atoms with E-state index in [1.165, 1.54) is 0 Å². The van der Waals surface area contributed by atoms with Crippen molar-refractivity contribution in [2.45, 2.75) is 19.6 Å². The summed E-state index contributed by atoms with van der Waals surface area (Å²) in [6, 6.07) is 3.58. The fourth-order valence-corrected chi connectivity index (χ4v) is 2.46. The fourth-order valence-electron chi connectivity index (χ4n) is 2.46. The highest BCUT2D eigenvalue weighted by atomic mass is 16.5. The van der Waals surface area contributed by atoms with Crippen LogP contribution in [0.25, 0.3) is 0 Å². The van der Waals surface area contributed by atoms with Gasteiger partial charge in [0, 0.05) is 31.5 Å². The van der Waals surface area contributed by atoms with Crippen LogP contribution in [-0.4, -0.2) is 58.1 Å². The predicted octanol–water partition coefficient (Wildman–Crippen LogP) is 0.519. The Bertz CT molecular complexity index is 610. The normalized spacial score (nSPS) is 19.2. The first-order valence-corrected chi connectivity index (χ1v) is 7.23. The predicted molar refractivity (Wildman–Crippen MR) is 78.3 cm³/mol. The molecule has 8 heteroatoms. The summed E-state index contributed by atoms with van der Waals surface area (Å²) in [6.45, 7) is 4.83. The zero-order valence-corrected chi connectivity index (χ0v) is 12.4. The van der Waals surface area contributed by atoms with Crippen molar-refractivity contribution in [3.8, 4) is 0 Å². The number of hydrogen-bond donors (Lipinski definition) is 1. The zero-order chi connectivity index (χ0) is 15.4. The first-order valence-electron chi connectivity index (χ1n) is 7.23. The van der Waals surface area contributed by atoms with Crippen molar-refractivity contribution in [2.24, 2.45) is 0 Å². The van der Waals surface area contributed by atoms with Crippen molar-refractivity contribution in [3.05, 3.63) is 30.3 Å². The Labute approximate surface area is 128 Å². The summed E-state index contributed by atoms with van der Waals surface area (Å²) in [6.07, 6.45) is 3.69. The first kappa shape index (κ1) is 14.7. The Balaban J connectivity index is 1.48. The molecule has 22 heavy (non-hydrogen) atoms. The third-order valence-electron chi connectivity index (χ3n) is 3.44. The molecule has 0 bridgehead atoms. The molecular weight excluding hydrogens is 286 g/mol. The molecule has 118 valence electrons. The molecule has 0 spiro atoms. The van der Waals surface area contributed by atoms with Gasteiger partial charge in [-0.15, -0.1) is 0 Å². The van der Waals surface area contributed by atoms with Gasteiger partial charge in [-0.25, -0.2) is 0 Å². The summed E-state index contributed by atoms with van der Waals surface area (Å²) in [5.41, 5.74) is 0. The summed E-state index contributed by atoms with van der Waals surface area (Å²) < 4.78 is 12.5. The molecule has 1 fully saturated rings. The van der Waals surface area contributed by atoms with Crippen molar-refractivity contribution in [3.63, 3.8) is 0 Å². The van der Waals surface area contributed by atoms with Gasteiger partial charge in [0.2, 0.25) is 5.91 Å². The molecule has 0 radical (unpaired) electrons. The summed E-state index contributed by atoms with van der Waals surface area (Å²) in [5, 5.41) is 10.7. The lowest BCUT2D eigenvalue weighted by molar-refractivity contribution is -0.119. The van der Waals surface area contributed by atoms with Gasteiger partial charge in [-0.1, -0.05) is 5.16 Å². The highest BCUT2D eigenvalue weighted by molar-refractivity contribution is 5.91. The van der Waals surface area contributed by atoms with Gasteiger partial charge in [-0.3, -0.25) is 14.4 Å². The molecule has 3 rings (SSSR count). The number of nitrogens with one attached hydrogen (secondary N) is 1. The summed E-state index contributed by atoms with van der Waals surface area (Å²) in [5.74, 6) is 1.01. The minimum Gasteiger partial charge on any atom is -0.374 e. The second-order valence-electron chi connectivity index (χ2n) is 5.33. The molecule has 2 aromatic rings. The number of ether oxygens (including phenoxy) is 1. The minimum absolute atomic E-state index is 0.0377. The monoisotopic (exact) mass is 305 g/mol. The number of hydrogen-bond acceptors (Lipinski definition) is 6. The van der Waals surface area contributed by atoms with Crippen LogP contribution in [-0.2, 0) is 16.1 Å². The Morgan fingerprint density at radius 3 is 3.18 bits per heavy atom. The SMILES string of the molecule is Cc1cc(NC(=O)CN2CCO[C@@H](Cn3cccn3)C2)no1. The third-order valence-corrected chi connectivity index (χ3v) is 3.44. The standard InChI is InChI=1S/C14H19N5O3/c1-11-7-13(17-22-11)16-14(20)10-18-5-6-21-12(8-18)9-19-4-2-3-15-19/h2-4,7,12H,5-6,8-10H2,1H3,(H,16,17,20)/t12-/m1/s1. The summed E-state index contributed by atoms with van der Waals surface area (Å²) in [4.78, 5) is 14.1. The molecule has 8 nitrogen and oxygen atoms in total. The molecule has 0 aliphatic carbocycles. The lowest BCUT2D eigenvalue weighted by Gasteiger charge is -2.32. The van der Waals surface area contributed by atoms with E-state index in [4.69, 9.17) is 9.26 Å². The van der Waals surface area contributed by atoms with E-state index < -0.39 is 0 Å². The number of anilines is 1. The smallest absolute Gasteiger partial charge is 0.239 e. The van der Waals surface area contributed by atoms with Crippen molar-refractivity contribution < 1.29 is 14.1 Å². The lowest BCUT2D eigenvalue weighted by Crippen LogP contribution is -2.47. The fraction of sp³-hybridized carbons (Fsp3) is 0.500. The van der Waals surface area contributed by atoms with Crippen molar-refractivity contribution in [1.29, 1.82) is 0 Å². The van der Waals surface area contributed by atoms with E-state index in [-0.39, 0.29) is 12.0 Å². The molecule has 1 saturated heterocycles. The van der Waals surface area contributed by atoms with Gasteiger partial charge in [0.15, 0.2) is 5.82 Å². The molecule has 2 aromatic heterocycles. The van der Waals surface area contributed by atoms with Gasteiger partial charge in [0.05, 0.1) is 25.8 Å². The maximum Gasteiger partial charge on any atom is 0.239 e. The van der Waals surface area contributed by atoms with Crippen LogP contribution in [0.2, 0.25) is 0 Å². The largest absolute Gasteiger partial charge is 0.374 e. The van der Waals surface area contributed by atoms with Gasteiger partial charge >= 0.3 is 0 Å². The quantitative estimate of drug-likeness (QED) is 0.867. The summed E-state index contributed by atoms with van der Waals surface area (Å²) >= 11 is 0. The van der Waals surface area contributed by atoms with Gasteiger partial charge in [0.1, 0.15) is 5.76 Å². The van der Waals surface area contributed by atoms with Crippen LogP contribution in [0.4, 0.5) is 5.82 Å². The average molecular weight is 305 g/mol. The van der Waals surface area contributed by atoms with E-state index >= 15 is 0 Å². The molecule has 1 atom stereocenters. The first-order chi connectivity index (χ1) is 10.7. The van der Waals surface area contributed by atoms with Gasteiger partial charge < -0.3 is 14.6 Å². The van der Waals surface area contributed by atoms with E-state index in [0.717, 1.165) is 6.54 Å². The Morgan fingerprint density at radius 1 is 1.55 bits per heavy atom. The Kier molecular flexibility index (Phi) is 4.50. The van der Waals surface area contributed by atoms with E-state index in [1.807, 2.05) is 16.9 Å². The third kappa shape index (κ3) is 3.92. The molecule has 0 saturated carbocycles. The van der Waals surface area contributed by atoms with Crippen LogP contribution in [0.3, 0.4) is 0 Å². The van der Waals surface area contributed by atoms with Crippen LogP contribution in [0, 0.1) is 6.92 Å². The highest BCUT2D eigenvalue weighted by Gasteiger charge is 2.22. The van der Waals surface area contributed by atoms with Crippen molar-refractivity contribution in [1.82, 2.24) is 19.8 Å². The topological polar surface area (TPSA) is 85.4 Å². The number of aromatic nitrogens is 3. The van der Waals surface area contributed by atoms with E-state index in [0.29, 0.717) is 37.8 Å². The van der Waals surface area contributed by atoms with Crippen LogP contribution >= 0.6 is 0 Å². The van der Waals surface area contributed by atoms with E-state index in [9.17, 15) is 4.79 Å². The maximum atomic E-state index is 12.0. The second kappa shape index (κ2) is 6.71. The molecule has 3 heterocycles. The number of aryl methyl sites for hydroxylation is 1. The van der Waals surface area contributed by atoms with E-state index in [2.05, 4.69) is 20.5 Å². The molecule has 1 N–H and O–H groups in total. The number of carbonyl (C=O) groups is 1. The maximum absolute atomic E-state index is 12.0. The van der Waals surface area contributed by atoms with Gasteiger partial charge in [0.25, 0.3) is 0 Å². The molecule has 1 amide bonds. The molecule has 1 aliphatic rings. The second-order valence-corrected chi connectivity index (χ2v) is 5.33. The number of amides is 1. The van der Waals surface area contributed by atoms with Crippen LogP contribution in [0.5, 0.6) is 0 Å². The van der Waals surface area contributed by atoms with Crippen molar-refractivity contribution in [2.75, 3.05) is 31.6 Å². The van der Waals surface area contributed by atoms with E-state index in [1.54, 1.807) is 19.2 Å². The zero-order valence-electron chi connectivity index (χ0n) is 12.4. The molecule has 1 aliphatic heterocycles. The van der Waals surface area contributed by atoms with Crippen LogP contribution in [0.15, 0.2) is 29.0 Å². The number of nitrogens with zero attached hydrogens (tertiary/aromatic N) is 4. The number of morpholine rings is 1. The number of rotatable bonds is 5. The molecular formula is C14H19N5O3. The Morgan fingerprint density at radius 2 is 2.45 bits per heavy atom. The van der Waals surface area contributed by atoms with Crippen LogP contribution in [0.1, 0.15) is 5.76 Å². The van der Waals surface area contributed by atoms with Crippen LogP contribution < -0.4 is 5.32 Å². The van der Waals surface area contributed by atoms with Gasteiger partial charge in [-0.2, -0.15) is 5.10 Å². The molecule has 0 unspecified atom stereocenters. The summed E-state index contributed by atoms with van der Waals surface area (Å²) in [7, 11) is 0. The minimum atomic E-state index is -0.104. The Hall–Kier alpha value is -2.19. The molecule has 0 aromatic carbocycles. The lowest BCUT2D eigenvalue weighted by atomic mass is 10.2. The number of carbonyl (C=O) groups excluding carboxylic acids is 1. The van der Waals surface area contributed by atoms with Gasteiger partial charge in [-0.05, 0) is 13.0 Å².